The van der Waals surface area contributed by atoms with Crippen LogP contribution >= 0.6 is 12.4 Å². The normalized spacial score (nSPS) is 11.4. The van der Waals surface area contributed by atoms with Gasteiger partial charge < -0.3 is 11.1 Å². The van der Waals surface area contributed by atoms with Crippen molar-refractivity contribution in [1.29, 1.82) is 0 Å². The van der Waals surface area contributed by atoms with Crippen molar-refractivity contribution in [3.05, 3.63) is 71.3 Å². The van der Waals surface area contributed by atoms with E-state index >= 15 is 0 Å². The first kappa shape index (κ1) is 18.2. The Hall–Kier alpha value is -1.84. The Morgan fingerprint density at radius 1 is 1.05 bits per heavy atom. The van der Waals surface area contributed by atoms with E-state index in [1.807, 2.05) is 42.5 Å². The highest BCUT2D eigenvalue weighted by molar-refractivity contribution is 5.94. The fraction of sp³-hybridized carbons (Fsp3) is 0.278. The summed E-state index contributed by atoms with van der Waals surface area (Å²) in [5.41, 5.74) is 8.51. The Bertz CT molecular complexity index is 569. The van der Waals surface area contributed by atoms with E-state index in [-0.39, 0.29) is 24.4 Å². The summed E-state index contributed by atoms with van der Waals surface area (Å²) >= 11 is 0. The van der Waals surface area contributed by atoms with Crippen LogP contribution in [0.3, 0.4) is 0 Å². The summed E-state index contributed by atoms with van der Waals surface area (Å²) in [5, 5.41) is 3.10. The monoisotopic (exact) mass is 318 g/mol. The molecule has 0 saturated carbocycles. The minimum Gasteiger partial charge on any atom is -0.349 e. The van der Waals surface area contributed by atoms with Crippen molar-refractivity contribution in [1.82, 2.24) is 5.32 Å². The van der Waals surface area contributed by atoms with Crippen molar-refractivity contribution in [2.45, 2.75) is 32.4 Å². The van der Waals surface area contributed by atoms with Gasteiger partial charge in [0.15, 0.2) is 0 Å². The predicted octanol–water partition coefficient (Wildman–Crippen LogP) is 3.32. The highest BCUT2D eigenvalue weighted by Crippen LogP contribution is 2.08. The molecular weight excluding hydrogens is 296 g/mol. The van der Waals surface area contributed by atoms with Crippen molar-refractivity contribution in [3.63, 3.8) is 0 Å². The summed E-state index contributed by atoms with van der Waals surface area (Å²) in [6.45, 7) is 2.58. The molecule has 0 aliphatic rings. The van der Waals surface area contributed by atoms with Crippen LogP contribution in [0.25, 0.3) is 0 Å². The van der Waals surface area contributed by atoms with E-state index in [0.29, 0.717) is 12.1 Å². The van der Waals surface area contributed by atoms with Gasteiger partial charge in [-0.05, 0) is 36.1 Å². The molecule has 0 spiro atoms. The quantitative estimate of drug-likeness (QED) is 0.858. The second-order valence-electron chi connectivity index (χ2n) is 5.17. The van der Waals surface area contributed by atoms with Crippen LogP contribution in [0.2, 0.25) is 0 Å². The van der Waals surface area contributed by atoms with Crippen LogP contribution in [0.1, 0.15) is 34.8 Å². The summed E-state index contributed by atoms with van der Waals surface area (Å²) in [4.78, 5) is 12.3. The van der Waals surface area contributed by atoms with E-state index in [4.69, 9.17) is 5.73 Å². The molecule has 22 heavy (non-hydrogen) atoms. The topological polar surface area (TPSA) is 55.1 Å². The Labute approximate surface area is 138 Å². The number of nitrogens with one attached hydrogen (secondary N) is 1. The average Bonchev–Trinajstić information content (AvgIpc) is 2.55. The third-order valence-electron chi connectivity index (χ3n) is 3.60. The SMILES string of the molecule is CCC(Cc1ccccc1)NC(=O)c1ccc(CN)cc1.Cl. The number of hydrogen-bond donors (Lipinski definition) is 2. The summed E-state index contributed by atoms with van der Waals surface area (Å²) < 4.78 is 0. The molecule has 0 radical (unpaired) electrons. The van der Waals surface area contributed by atoms with Crippen molar-refractivity contribution < 1.29 is 4.79 Å². The van der Waals surface area contributed by atoms with E-state index in [9.17, 15) is 4.79 Å². The van der Waals surface area contributed by atoms with Gasteiger partial charge in [-0.15, -0.1) is 12.4 Å². The number of hydrogen-bond acceptors (Lipinski definition) is 2. The number of amides is 1. The van der Waals surface area contributed by atoms with Gasteiger partial charge in [-0.3, -0.25) is 4.79 Å². The van der Waals surface area contributed by atoms with E-state index < -0.39 is 0 Å². The fourth-order valence-corrected chi connectivity index (χ4v) is 2.26. The molecule has 2 aromatic rings. The minimum atomic E-state index is -0.0265. The zero-order valence-corrected chi connectivity index (χ0v) is 13.6. The molecule has 0 saturated heterocycles. The Balaban J connectivity index is 0.00000242. The van der Waals surface area contributed by atoms with Gasteiger partial charge in [0.2, 0.25) is 0 Å². The van der Waals surface area contributed by atoms with E-state index in [0.717, 1.165) is 18.4 Å². The highest BCUT2D eigenvalue weighted by atomic mass is 35.5. The predicted molar refractivity (Wildman–Crippen MR) is 93.3 cm³/mol. The maximum atomic E-state index is 12.3. The Morgan fingerprint density at radius 2 is 1.68 bits per heavy atom. The molecule has 118 valence electrons. The summed E-state index contributed by atoms with van der Waals surface area (Å²) in [7, 11) is 0. The van der Waals surface area contributed by atoms with Crippen LogP contribution in [0.15, 0.2) is 54.6 Å². The Kier molecular flexibility index (Phi) is 7.64. The molecule has 3 N–H and O–H groups in total. The second-order valence-corrected chi connectivity index (χ2v) is 5.17. The van der Waals surface area contributed by atoms with Gasteiger partial charge in [0, 0.05) is 18.2 Å². The van der Waals surface area contributed by atoms with Crippen LogP contribution in [-0.4, -0.2) is 11.9 Å². The molecule has 0 aromatic heterocycles. The lowest BCUT2D eigenvalue weighted by Crippen LogP contribution is -2.35. The molecule has 0 aliphatic heterocycles. The van der Waals surface area contributed by atoms with Crippen LogP contribution < -0.4 is 11.1 Å². The van der Waals surface area contributed by atoms with Crippen molar-refractivity contribution in [2.75, 3.05) is 0 Å². The first-order valence-corrected chi connectivity index (χ1v) is 7.36. The van der Waals surface area contributed by atoms with Gasteiger partial charge in [-0.25, -0.2) is 0 Å². The fourth-order valence-electron chi connectivity index (χ4n) is 2.26. The third kappa shape index (κ3) is 5.17. The number of rotatable bonds is 6. The molecule has 0 aliphatic carbocycles. The largest absolute Gasteiger partial charge is 0.349 e. The summed E-state index contributed by atoms with van der Waals surface area (Å²) in [6.07, 6.45) is 1.76. The molecule has 3 nitrogen and oxygen atoms in total. The molecule has 0 heterocycles. The molecule has 0 bridgehead atoms. The van der Waals surface area contributed by atoms with Crippen molar-refractivity contribution in [3.8, 4) is 0 Å². The average molecular weight is 319 g/mol. The number of halogens is 1. The van der Waals surface area contributed by atoms with E-state index in [1.165, 1.54) is 5.56 Å². The van der Waals surface area contributed by atoms with E-state index in [1.54, 1.807) is 0 Å². The maximum Gasteiger partial charge on any atom is 0.251 e. The number of nitrogens with two attached hydrogens (primary N) is 1. The molecule has 2 rings (SSSR count). The van der Waals surface area contributed by atoms with Crippen LogP contribution in [0.4, 0.5) is 0 Å². The zero-order chi connectivity index (χ0) is 15.1. The molecule has 2 aromatic carbocycles. The van der Waals surface area contributed by atoms with Crippen molar-refractivity contribution in [2.24, 2.45) is 5.73 Å². The lowest BCUT2D eigenvalue weighted by Gasteiger charge is -2.17. The molecular formula is C18H23ClN2O. The summed E-state index contributed by atoms with van der Waals surface area (Å²) in [5.74, 6) is -0.0265. The second kappa shape index (κ2) is 9.23. The third-order valence-corrected chi connectivity index (χ3v) is 3.60. The zero-order valence-electron chi connectivity index (χ0n) is 12.8. The smallest absolute Gasteiger partial charge is 0.251 e. The van der Waals surface area contributed by atoms with E-state index in [2.05, 4.69) is 24.4 Å². The molecule has 1 atom stereocenters. The number of carbonyl (C=O) groups excluding carboxylic acids is 1. The standard InChI is InChI=1S/C18H22N2O.ClH/c1-2-17(12-14-6-4-3-5-7-14)20-18(21)16-10-8-15(13-19)9-11-16;/h3-11,17H,2,12-13,19H2,1H3,(H,20,21);1H. The maximum absolute atomic E-state index is 12.3. The first-order chi connectivity index (χ1) is 10.2. The van der Waals surface area contributed by atoms with Gasteiger partial charge in [0.25, 0.3) is 5.91 Å². The van der Waals surface area contributed by atoms with Crippen LogP contribution in [-0.2, 0) is 13.0 Å². The molecule has 4 heteroatoms. The lowest BCUT2D eigenvalue weighted by atomic mass is 10.0. The minimum absolute atomic E-state index is 0. The lowest BCUT2D eigenvalue weighted by molar-refractivity contribution is 0.0936. The molecule has 1 unspecified atom stereocenters. The number of carbonyl (C=O) groups is 1. The van der Waals surface area contributed by atoms with Crippen molar-refractivity contribution >= 4 is 18.3 Å². The first-order valence-electron chi connectivity index (χ1n) is 7.36. The van der Waals surface area contributed by atoms with Crippen LogP contribution in [0.5, 0.6) is 0 Å². The van der Waals surface area contributed by atoms with Gasteiger partial charge in [0.05, 0.1) is 0 Å². The highest BCUT2D eigenvalue weighted by Gasteiger charge is 2.12. The molecule has 0 fully saturated rings. The summed E-state index contributed by atoms with van der Waals surface area (Å²) in [6, 6.07) is 17.8. The van der Waals surface area contributed by atoms with Gasteiger partial charge in [-0.1, -0.05) is 49.4 Å². The Morgan fingerprint density at radius 3 is 2.23 bits per heavy atom. The van der Waals surface area contributed by atoms with Gasteiger partial charge >= 0.3 is 0 Å². The van der Waals surface area contributed by atoms with Gasteiger partial charge in [-0.2, -0.15) is 0 Å². The number of benzene rings is 2. The molecule has 1 amide bonds. The van der Waals surface area contributed by atoms with Crippen LogP contribution in [0, 0.1) is 0 Å². The van der Waals surface area contributed by atoms with Gasteiger partial charge in [0.1, 0.15) is 0 Å².